The standard InChI is InChI=1S/C15H24N2O2S/c1-4-20(18,19)15-7-5-13(6-8-15)16-14-9-10-17(3)12(2)11-14/h5-8,12,14,16H,4,9-11H2,1-3H3. The zero-order valence-electron chi connectivity index (χ0n) is 12.5. The summed E-state index contributed by atoms with van der Waals surface area (Å²) in [5.41, 5.74) is 1.00. The van der Waals surface area contributed by atoms with E-state index in [1.807, 2.05) is 12.1 Å². The molecule has 0 saturated carbocycles. The molecule has 1 aliphatic rings. The van der Waals surface area contributed by atoms with Gasteiger partial charge in [-0.2, -0.15) is 0 Å². The average Bonchev–Trinajstić information content (AvgIpc) is 2.43. The molecule has 5 heteroatoms. The maximum atomic E-state index is 11.8. The smallest absolute Gasteiger partial charge is 0.178 e. The van der Waals surface area contributed by atoms with Crippen LogP contribution in [0.2, 0.25) is 0 Å². The third-order valence-electron chi connectivity index (χ3n) is 4.17. The van der Waals surface area contributed by atoms with Crippen molar-refractivity contribution < 1.29 is 8.42 Å². The summed E-state index contributed by atoms with van der Waals surface area (Å²) in [7, 11) is -0.941. The third kappa shape index (κ3) is 3.52. The lowest BCUT2D eigenvalue weighted by Gasteiger charge is -2.35. The number of hydrogen-bond acceptors (Lipinski definition) is 4. The fraction of sp³-hybridized carbons (Fsp3) is 0.600. The molecule has 2 unspecified atom stereocenters. The summed E-state index contributed by atoms with van der Waals surface area (Å²) in [6.07, 6.45) is 2.24. The van der Waals surface area contributed by atoms with Gasteiger partial charge in [0, 0.05) is 24.3 Å². The number of likely N-dealkylation sites (tertiary alicyclic amines) is 1. The van der Waals surface area contributed by atoms with E-state index in [-0.39, 0.29) is 5.75 Å². The van der Waals surface area contributed by atoms with Gasteiger partial charge in [-0.1, -0.05) is 6.92 Å². The summed E-state index contributed by atoms with van der Waals surface area (Å²) in [5, 5.41) is 3.51. The van der Waals surface area contributed by atoms with Gasteiger partial charge in [-0.25, -0.2) is 8.42 Å². The summed E-state index contributed by atoms with van der Waals surface area (Å²) < 4.78 is 23.5. The van der Waals surface area contributed by atoms with Crippen LogP contribution < -0.4 is 5.32 Å². The van der Waals surface area contributed by atoms with E-state index >= 15 is 0 Å². The average molecular weight is 296 g/mol. The predicted molar refractivity (Wildman–Crippen MR) is 82.9 cm³/mol. The molecule has 4 nitrogen and oxygen atoms in total. The third-order valence-corrected chi connectivity index (χ3v) is 5.92. The van der Waals surface area contributed by atoms with Gasteiger partial charge in [0.15, 0.2) is 9.84 Å². The number of nitrogens with zero attached hydrogens (tertiary/aromatic N) is 1. The van der Waals surface area contributed by atoms with Crippen LogP contribution in [-0.4, -0.2) is 44.7 Å². The Morgan fingerprint density at radius 1 is 1.30 bits per heavy atom. The van der Waals surface area contributed by atoms with E-state index in [4.69, 9.17) is 0 Å². The molecule has 0 bridgehead atoms. The number of sulfone groups is 1. The molecule has 2 atom stereocenters. The summed E-state index contributed by atoms with van der Waals surface area (Å²) in [6, 6.07) is 8.17. The second kappa shape index (κ2) is 6.14. The summed E-state index contributed by atoms with van der Waals surface area (Å²) in [6.45, 7) is 5.01. The van der Waals surface area contributed by atoms with E-state index in [0.717, 1.165) is 25.1 Å². The fourth-order valence-electron chi connectivity index (χ4n) is 2.58. The van der Waals surface area contributed by atoms with Gasteiger partial charge in [0.25, 0.3) is 0 Å². The molecule has 1 aromatic rings. The molecule has 1 aromatic carbocycles. The van der Waals surface area contributed by atoms with Gasteiger partial charge in [-0.15, -0.1) is 0 Å². The summed E-state index contributed by atoms with van der Waals surface area (Å²) in [5.74, 6) is 0.145. The number of nitrogens with one attached hydrogen (secondary N) is 1. The number of rotatable bonds is 4. The van der Waals surface area contributed by atoms with Crippen molar-refractivity contribution in [1.82, 2.24) is 4.90 Å². The van der Waals surface area contributed by atoms with E-state index in [9.17, 15) is 8.42 Å². The maximum Gasteiger partial charge on any atom is 0.178 e. The second-order valence-electron chi connectivity index (χ2n) is 5.62. The maximum absolute atomic E-state index is 11.8. The molecule has 0 radical (unpaired) electrons. The van der Waals surface area contributed by atoms with Gasteiger partial charge in [0.05, 0.1) is 10.6 Å². The van der Waals surface area contributed by atoms with Crippen molar-refractivity contribution >= 4 is 15.5 Å². The normalized spacial score (nSPS) is 24.6. The summed E-state index contributed by atoms with van der Waals surface area (Å²) in [4.78, 5) is 2.78. The van der Waals surface area contributed by atoms with Gasteiger partial charge in [-0.05, 0) is 51.1 Å². The van der Waals surface area contributed by atoms with E-state index in [1.165, 1.54) is 0 Å². The molecule has 1 fully saturated rings. The Morgan fingerprint density at radius 2 is 1.95 bits per heavy atom. The molecule has 0 aromatic heterocycles. The molecule has 0 amide bonds. The Kier molecular flexibility index (Phi) is 4.70. The van der Waals surface area contributed by atoms with Gasteiger partial charge >= 0.3 is 0 Å². The lowest BCUT2D eigenvalue weighted by molar-refractivity contribution is 0.190. The van der Waals surface area contributed by atoms with Crippen molar-refractivity contribution in [3.8, 4) is 0 Å². The molecule has 1 N–H and O–H groups in total. The van der Waals surface area contributed by atoms with Crippen molar-refractivity contribution in [3.05, 3.63) is 24.3 Å². The largest absolute Gasteiger partial charge is 0.382 e. The Bertz CT molecular complexity index is 539. The van der Waals surface area contributed by atoms with Crippen LogP contribution in [0.4, 0.5) is 5.69 Å². The van der Waals surface area contributed by atoms with E-state index in [2.05, 4.69) is 24.2 Å². The molecule has 1 heterocycles. The monoisotopic (exact) mass is 296 g/mol. The highest BCUT2D eigenvalue weighted by atomic mass is 32.2. The van der Waals surface area contributed by atoms with Gasteiger partial charge in [-0.3, -0.25) is 0 Å². The highest BCUT2D eigenvalue weighted by Gasteiger charge is 2.22. The van der Waals surface area contributed by atoms with Crippen LogP contribution in [0.25, 0.3) is 0 Å². The highest BCUT2D eigenvalue weighted by molar-refractivity contribution is 7.91. The minimum absolute atomic E-state index is 0.145. The van der Waals surface area contributed by atoms with E-state index in [0.29, 0.717) is 17.0 Å². The van der Waals surface area contributed by atoms with Gasteiger partial charge in [0.1, 0.15) is 0 Å². The van der Waals surface area contributed by atoms with Crippen molar-refractivity contribution in [1.29, 1.82) is 0 Å². The van der Waals surface area contributed by atoms with Crippen LogP contribution in [0.1, 0.15) is 26.7 Å². The Morgan fingerprint density at radius 3 is 2.50 bits per heavy atom. The molecule has 1 saturated heterocycles. The molecule has 20 heavy (non-hydrogen) atoms. The highest BCUT2D eigenvalue weighted by Crippen LogP contribution is 2.21. The quantitative estimate of drug-likeness (QED) is 0.927. The minimum Gasteiger partial charge on any atom is -0.382 e. The number of hydrogen-bond donors (Lipinski definition) is 1. The van der Waals surface area contributed by atoms with Crippen LogP contribution in [0.3, 0.4) is 0 Å². The zero-order chi connectivity index (χ0) is 14.8. The van der Waals surface area contributed by atoms with Crippen LogP contribution in [0, 0.1) is 0 Å². The molecular formula is C15H24N2O2S. The van der Waals surface area contributed by atoms with Gasteiger partial charge in [0.2, 0.25) is 0 Å². The molecule has 2 rings (SSSR count). The predicted octanol–water partition coefficient (Wildman–Crippen LogP) is 2.37. The molecule has 0 aliphatic carbocycles. The van der Waals surface area contributed by atoms with Gasteiger partial charge < -0.3 is 10.2 Å². The van der Waals surface area contributed by atoms with E-state index < -0.39 is 9.84 Å². The van der Waals surface area contributed by atoms with Crippen molar-refractivity contribution in [2.75, 3.05) is 24.7 Å². The Hall–Kier alpha value is -1.07. The first-order chi connectivity index (χ1) is 9.42. The zero-order valence-corrected chi connectivity index (χ0v) is 13.3. The lowest BCUT2D eigenvalue weighted by atomic mass is 9.99. The van der Waals surface area contributed by atoms with Crippen molar-refractivity contribution in [2.45, 2.75) is 43.7 Å². The number of anilines is 1. The lowest BCUT2D eigenvalue weighted by Crippen LogP contribution is -2.42. The number of piperidine rings is 1. The van der Waals surface area contributed by atoms with Crippen molar-refractivity contribution in [3.63, 3.8) is 0 Å². The molecule has 0 spiro atoms. The van der Waals surface area contributed by atoms with Crippen LogP contribution in [-0.2, 0) is 9.84 Å². The Balaban J connectivity index is 2.01. The minimum atomic E-state index is -3.10. The molecule has 112 valence electrons. The molecular weight excluding hydrogens is 272 g/mol. The second-order valence-corrected chi connectivity index (χ2v) is 7.90. The van der Waals surface area contributed by atoms with Crippen LogP contribution in [0.15, 0.2) is 29.2 Å². The first-order valence-electron chi connectivity index (χ1n) is 7.22. The van der Waals surface area contributed by atoms with Crippen LogP contribution in [0.5, 0.6) is 0 Å². The first-order valence-corrected chi connectivity index (χ1v) is 8.87. The van der Waals surface area contributed by atoms with E-state index in [1.54, 1.807) is 19.1 Å². The van der Waals surface area contributed by atoms with Crippen molar-refractivity contribution in [2.24, 2.45) is 0 Å². The molecule has 1 aliphatic heterocycles. The number of benzene rings is 1. The van der Waals surface area contributed by atoms with Crippen LogP contribution >= 0.6 is 0 Å². The Labute approximate surface area is 122 Å². The summed E-state index contributed by atoms with van der Waals surface area (Å²) >= 11 is 0. The first kappa shape index (κ1) is 15.3. The topological polar surface area (TPSA) is 49.4 Å². The SMILES string of the molecule is CCS(=O)(=O)c1ccc(NC2CCN(C)C(C)C2)cc1. The fourth-order valence-corrected chi connectivity index (χ4v) is 3.47.